The quantitative estimate of drug-likeness (QED) is 0.746. The zero-order chi connectivity index (χ0) is 12.7. The monoisotopic (exact) mass is 238 g/mol. The Labute approximate surface area is 105 Å². The maximum atomic E-state index is 10.7. The summed E-state index contributed by atoms with van der Waals surface area (Å²) in [4.78, 5) is 21.3. The molecule has 0 heterocycles. The number of carbonyl (C=O) groups excluding carboxylic acids is 2. The van der Waals surface area contributed by atoms with E-state index in [1.165, 1.54) is 19.3 Å². The second-order valence-corrected chi connectivity index (χ2v) is 5.49. The van der Waals surface area contributed by atoms with Gasteiger partial charge in [0.2, 0.25) is 0 Å². The molecule has 0 aromatic carbocycles. The third-order valence-electron chi connectivity index (χ3n) is 3.97. The summed E-state index contributed by atoms with van der Waals surface area (Å²) in [7, 11) is 0. The average Bonchev–Trinajstić information content (AvgIpc) is 2.89. The molecule has 2 aliphatic rings. The first-order valence-corrected chi connectivity index (χ1v) is 7.19. The first-order valence-electron chi connectivity index (χ1n) is 7.19. The van der Waals surface area contributed by atoms with Crippen LogP contribution in [0.2, 0.25) is 0 Å². The van der Waals surface area contributed by atoms with Gasteiger partial charge in [0.15, 0.2) is 0 Å². The second-order valence-electron chi connectivity index (χ2n) is 5.49. The maximum absolute atomic E-state index is 10.7. The largest absolute Gasteiger partial charge is 0.300 e. The maximum Gasteiger partial charge on any atom is 0.133 e. The number of ketones is 2. The van der Waals surface area contributed by atoms with Crippen LogP contribution in [-0.2, 0) is 9.59 Å². The van der Waals surface area contributed by atoms with E-state index in [2.05, 4.69) is 13.8 Å². The lowest BCUT2D eigenvalue weighted by Gasteiger charge is -2.02. The van der Waals surface area contributed by atoms with Gasteiger partial charge in [-0.25, -0.2) is 0 Å². The van der Waals surface area contributed by atoms with Gasteiger partial charge in [-0.05, 0) is 24.7 Å². The zero-order valence-corrected chi connectivity index (χ0v) is 11.3. The van der Waals surface area contributed by atoms with E-state index in [0.29, 0.717) is 11.6 Å². The van der Waals surface area contributed by atoms with Crippen molar-refractivity contribution in [3.8, 4) is 0 Å². The van der Waals surface area contributed by atoms with Crippen molar-refractivity contribution >= 4 is 11.6 Å². The Hall–Kier alpha value is -0.660. The van der Waals surface area contributed by atoms with E-state index in [4.69, 9.17) is 0 Å². The lowest BCUT2D eigenvalue weighted by Crippen LogP contribution is -1.93. The van der Waals surface area contributed by atoms with Crippen LogP contribution in [0, 0.1) is 11.8 Å². The van der Waals surface area contributed by atoms with E-state index in [9.17, 15) is 9.59 Å². The van der Waals surface area contributed by atoms with Crippen LogP contribution < -0.4 is 0 Å². The van der Waals surface area contributed by atoms with Crippen molar-refractivity contribution in [1.29, 1.82) is 0 Å². The van der Waals surface area contributed by atoms with Gasteiger partial charge in [-0.2, -0.15) is 0 Å². The van der Waals surface area contributed by atoms with Crippen molar-refractivity contribution in [1.82, 2.24) is 0 Å². The molecule has 2 saturated carbocycles. The highest BCUT2D eigenvalue weighted by Gasteiger charge is 2.20. The molecule has 0 spiro atoms. The molecule has 2 atom stereocenters. The lowest BCUT2D eigenvalue weighted by atomic mass is 10.0. The van der Waals surface area contributed by atoms with Crippen molar-refractivity contribution in [3.05, 3.63) is 0 Å². The van der Waals surface area contributed by atoms with Gasteiger partial charge in [0.25, 0.3) is 0 Å². The number of carbonyl (C=O) groups is 2. The summed E-state index contributed by atoms with van der Waals surface area (Å²) in [6.45, 7) is 4.34. The lowest BCUT2D eigenvalue weighted by molar-refractivity contribution is -0.118. The number of hydrogen-bond acceptors (Lipinski definition) is 2. The van der Waals surface area contributed by atoms with Crippen molar-refractivity contribution in [2.24, 2.45) is 11.8 Å². The SMILES string of the molecule is CCC[C@H]1CCC(=O)C1.CC[C@@H]1CCC(=O)C1. The molecule has 2 nitrogen and oxygen atoms in total. The van der Waals surface area contributed by atoms with Gasteiger partial charge in [-0.15, -0.1) is 0 Å². The van der Waals surface area contributed by atoms with Crippen molar-refractivity contribution in [2.45, 2.75) is 71.6 Å². The molecule has 2 heteroatoms. The Morgan fingerprint density at radius 3 is 1.76 bits per heavy atom. The van der Waals surface area contributed by atoms with Gasteiger partial charge < -0.3 is 0 Å². The highest BCUT2D eigenvalue weighted by Crippen LogP contribution is 2.25. The molecule has 0 aliphatic heterocycles. The van der Waals surface area contributed by atoms with E-state index in [1.807, 2.05) is 0 Å². The second kappa shape index (κ2) is 7.62. The van der Waals surface area contributed by atoms with Gasteiger partial charge in [-0.3, -0.25) is 9.59 Å². The minimum Gasteiger partial charge on any atom is -0.300 e. The van der Waals surface area contributed by atoms with E-state index < -0.39 is 0 Å². The molecule has 2 rings (SSSR count). The summed E-state index contributed by atoms with van der Waals surface area (Å²) >= 11 is 0. The Morgan fingerprint density at radius 1 is 0.941 bits per heavy atom. The molecular formula is C15H26O2. The standard InChI is InChI=1S/C8H14O.C7H12O/c1-2-3-7-4-5-8(9)6-7;1-2-6-3-4-7(8)5-6/h7H,2-6H2,1H3;6H,2-5H2,1H3/t7-;6-/m01/s1. The number of Topliss-reactive ketones (excluding diaryl/α,β-unsaturated/α-hetero) is 2. The Kier molecular flexibility index (Phi) is 6.46. The van der Waals surface area contributed by atoms with E-state index in [0.717, 1.165) is 50.4 Å². The summed E-state index contributed by atoms with van der Waals surface area (Å²) in [6, 6.07) is 0. The molecule has 0 aromatic heterocycles. The molecule has 0 N–H and O–H groups in total. The molecule has 0 aromatic rings. The van der Waals surface area contributed by atoms with Crippen LogP contribution in [0.1, 0.15) is 71.6 Å². The smallest absolute Gasteiger partial charge is 0.133 e. The Bertz CT molecular complexity index is 258. The van der Waals surface area contributed by atoms with Crippen LogP contribution >= 0.6 is 0 Å². The number of rotatable bonds is 3. The van der Waals surface area contributed by atoms with Crippen molar-refractivity contribution in [2.75, 3.05) is 0 Å². The molecule has 0 saturated heterocycles. The van der Waals surface area contributed by atoms with Gasteiger partial charge in [0, 0.05) is 25.7 Å². The fourth-order valence-electron chi connectivity index (χ4n) is 2.79. The van der Waals surface area contributed by atoms with Crippen LogP contribution in [0.4, 0.5) is 0 Å². The van der Waals surface area contributed by atoms with Gasteiger partial charge >= 0.3 is 0 Å². The van der Waals surface area contributed by atoms with Crippen LogP contribution in [0.5, 0.6) is 0 Å². The molecular weight excluding hydrogens is 212 g/mol. The van der Waals surface area contributed by atoms with Gasteiger partial charge in [0.05, 0.1) is 0 Å². The predicted octanol–water partition coefficient (Wildman–Crippen LogP) is 3.92. The Balaban J connectivity index is 0.000000171. The fraction of sp³-hybridized carbons (Fsp3) is 0.867. The third-order valence-corrected chi connectivity index (χ3v) is 3.97. The summed E-state index contributed by atoms with van der Waals surface area (Å²) in [6.07, 6.45) is 9.41. The highest BCUT2D eigenvalue weighted by atomic mass is 16.1. The van der Waals surface area contributed by atoms with Crippen LogP contribution in [0.25, 0.3) is 0 Å². The minimum absolute atomic E-state index is 0.469. The van der Waals surface area contributed by atoms with Crippen LogP contribution in [0.15, 0.2) is 0 Å². The fourth-order valence-corrected chi connectivity index (χ4v) is 2.79. The van der Waals surface area contributed by atoms with Crippen LogP contribution in [0.3, 0.4) is 0 Å². The molecule has 2 aliphatic carbocycles. The molecule has 0 bridgehead atoms. The molecule has 0 unspecified atom stereocenters. The molecule has 0 amide bonds. The first-order chi connectivity index (χ1) is 8.15. The molecule has 2 fully saturated rings. The van der Waals surface area contributed by atoms with Crippen LogP contribution in [-0.4, -0.2) is 11.6 Å². The predicted molar refractivity (Wildman–Crippen MR) is 69.9 cm³/mol. The van der Waals surface area contributed by atoms with Crippen molar-refractivity contribution in [3.63, 3.8) is 0 Å². The normalized spacial score (nSPS) is 28.1. The summed E-state index contributed by atoms with van der Waals surface area (Å²) in [5.74, 6) is 2.41. The van der Waals surface area contributed by atoms with Gasteiger partial charge in [0.1, 0.15) is 11.6 Å². The molecule has 98 valence electrons. The molecule has 17 heavy (non-hydrogen) atoms. The molecule has 0 radical (unpaired) electrons. The average molecular weight is 238 g/mol. The minimum atomic E-state index is 0.469. The number of hydrogen-bond donors (Lipinski definition) is 0. The first kappa shape index (κ1) is 14.4. The summed E-state index contributed by atoms with van der Waals surface area (Å²) in [5.41, 5.74) is 0. The third kappa shape index (κ3) is 5.47. The van der Waals surface area contributed by atoms with E-state index in [1.54, 1.807) is 0 Å². The van der Waals surface area contributed by atoms with E-state index in [-0.39, 0.29) is 0 Å². The zero-order valence-electron chi connectivity index (χ0n) is 11.3. The highest BCUT2D eigenvalue weighted by molar-refractivity contribution is 5.80. The van der Waals surface area contributed by atoms with Gasteiger partial charge in [-0.1, -0.05) is 33.1 Å². The Morgan fingerprint density at radius 2 is 1.47 bits per heavy atom. The van der Waals surface area contributed by atoms with Crippen molar-refractivity contribution < 1.29 is 9.59 Å². The van der Waals surface area contributed by atoms with E-state index >= 15 is 0 Å². The topological polar surface area (TPSA) is 34.1 Å². The summed E-state index contributed by atoms with van der Waals surface area (Å²) in [5, 5.41) is 0. The summed E-state index contributed by atoms with van der Waals surface area (Å²) < 4.78 is 0.